The zero-order valence-electron chi connectivity index (χ0n) is 16.4. The molecule has 28 heavy (non-hydrogen) atoms. The van der Waals surface area contributed by atoms with Crippen molar-refractivity contribution in [2.24, 2.45) is 5.41 Å². The summed E-state index contributed by atoms with van der Waals surface area (Å²) in [5.41, 5.74) is 0.118. The third-order valence-electron chi connectivity index (χ3n) is 6.65. The van der Waals surface area contributed by atoms with Crippen molar-refractivity contribution < 1.29 is 9.53 Å². The van der Waals surface area contributed by atoms with Gasteiger partial charge in [0.2, 0.25) is 0 Å². The highest BCUT2D eigenvalue weighted by Gasteiger charge is 2.57. The summed E-state index contributed by atoms with van der Waals surface area (Å²) in [6, 6.07) is 5.16. The van der Waals surface area contributed by atoms with Gasteiger partial charge in [0.05, 0.1) is 17.1 Å². The van der Waals surface area contributed by atoms with Crippen molar-refractivity contribution in [3.8, 4) is 0 Å². The Kier molecular flexibility index (Phi) is 4.87. The van der Waals surface area contributed by atoms with Crippen LogP contribution < -0.4 is 11.1 Å². The van der Waals surface area contributed by atoms with Crippen molar-refractivity contribution in [2.75, 3.05) is 13.7 Å². The van der Waals surface area contributed by atoms with Crippen LogP contribution in [-0.2, 0) is 4.74 Å². The van der Waals surface area contributed by atoms with Crippen LogP contribution in [0.5, 0.6) is 0 Å². The molecule has 0 bridgehead atoms. The second-order valence-electron chi connectivity index (χ2n) is 8.07. The largest absolute Gasteiger partial charge is 0.378 e. The molecule has 4 rings (SSSR count). The molecular weight excluding hydrogens is 358 g/mol. The average Bonchev–Trinajstić information content (AvgIpc) is 2.71. The summed E-state index contributed by atoms with van der Waals surface area (Å²) in [4.78, 5) is 43.2. The van der Waals surface area contributed by atoms with Gasteiger partial charge in [0.25, 0.3) is 5.91 Å². The quantitative estimate of drug-likeness (QED) is 0.790. The molecule has 7 nitrogen and oxygen atoms in total. The number of carbonyl (C=O) groups excluding carboxylic acids is 1. The van der Waals surface area contributed by atoms with Crippen LogP contribution in [0.2, 0.25) is 0 Å². The van der Waals surface area contributed by atoms with Crippen molar-refractivity contribution in [1.82, 2.24) is 14.9 Å². The van der Waals surface area contributed by atoms with E-state index in [1.807, 2.05) is 18.9 Å². The highest BCUT2D eigenvalue weighted by molar-refractivity contribution is 5.97. The third kappa shape index (κ3) is 2.98. The van der Waals surface area contributed by atoms with Crippen molar-refractivity contribution in [3.63, 3.8) is 0 Å². The molecule has 0 radical (unpaired) electrons. The van der Waals surface area contributed by atoms with Crippen LogP contribution >= 0.6 is 0 Å². The second-order valence-corrected chi connectivity index (χ2v) is 8.07. The zero-order chi connectivity index (χ0) is 19.9. The summed E-state index contributed by atoms with van der Waals surface area (Å²) < 4.78 is 6.01. The minimum absolute atomic E-state index is 0.0646. The summed E-state index contributed by atoms with van der Waals surface area (Å²) in [6.07, 6.45) is 6.93. The molecule has 1 aromatic heterocycles. The molecule has 1 spiro atoms. The first kappa shape index (κ1) is 18.9. The predicted octanol–water partition coefficient (Wildman–Crippen LogP) is 2.42. The summed E-state index contributed by atoms with van der Waals surface area (Å²) in [5, 5.41) is 0. The van der Waals surface area contributed by atoms with Crippen LogP contribution in [0, 0.1) is 5.41 Å². The van der Waals surface area contributed by atoms with E-state index < -0.39 is 11.1 Å². The van der Waals surface area contributed by atoms with E-state index in [2.05, 4.69) is 9.97 Å². The zero-order valence-corrected chi connectivity index (χ0v) is 16.4. The fourth-order valence-electron chi connectivity index (χ4n) is 5.16. The summed E-state index contributed by atoms with van der Waals surface area (Å²) in [6.45, 7) is 2.73. The molecule has 2 aliphatic carbocycles. The minimum atomic E-state index is -0.717. The van der Waals surface area contributed by atoms with Crippen molar-refractivity contribution in [3.05, 3.63) is 44.5 Å². The van der Waals surface area contributed by atoms with Crippen LogP contribution in [0.25, 0.3) is 11.0 Å². The van der Waals surface area contributed by atoms with Crippen LogP contribution in [0.1, 0.15) is 55.8 Å². The maximum Gasteiger partial charge on any atom is 0.314 e. The number of amides is 1. The lowest BCUT2D eigenvalue weighted by molar-refractivity contribution is -0.170. The number of H-pyrrole nitrogens is 2. The summed E-state index contributed by atoms with van der Waals surface area (Å²) in [5.74, 6) is -0.0705. The Bertz CT molecular complexity index is 1000. The van der Waals surface area contributed by atoms with E-state index in [9.17, 15) is 14.4 Å². The number of aromatic amines is 2. The number of fused-ring (bicyclic) bond motifs is 1. The van der Waals surface area contributed by atoms with Crippen molar-refractivity contribution >= 4 is 16.9 Å². The highest BCUT2D eigenvalue weighted by atomic mass is 16.5. The number of aromatic nitrogens is 2. The highest BCUT2D eigenvalue weighted by Crippen LogP contribution is 2.55. The van der Waals surface area contributed by atoms with Gasteiger partial charge in [-0.25, -0.2) is 0 Å². The van der Waals surface area contributed by atoms with Gasteiger partial charge in [-0.1, -0.05) is 19.3 Å². The first-order valence-corrected chi connectivity index (χ1v) is 10.1. The third-order valence-corrected chi connectivity index (χ3v) is 6.65. The van der Waals surface area contributed by atoms with E-state index in [1.165, 1.54) is 19.3 Å². The fraction of sp³-hybridized carbons (Fsp3) is 0.571. The van der Waals surface area contributed by atoms with Gasteiger partial charge >= 0.3 is 11.1 Å². The number of rotatable bonds is 4. The summed E-state index contributed by atoms with van der Waals surface area (Å²) >= 11 is 0. The first-order valence-electron chi connectivity index (χ1n) is 10.1. The van der Waals surface area contributed by atoms with Crippen LogP contribution in [-0.4, -0.2) is 46.6 Å². The molecule has 0 aliphatic heterocycles. The van der Waals surface area contributed by atoms with Gasteiger partial charge in [-0.15, -0.1) is 0 Å². The second kappa shape index (κ2) is 7.20. The van der Waals surface area contributed by atoms with Gasteiger partial charge in [-0.05, 0) is 44.4 Å². The van der Waals surface area contributed by atoms with Crippen molar-refractivity contribution in [2.45, 2.75) is 57.6 Å². The maximum absolute atomic E-state index is 13.2. The van der Waals surface area contributed by atoms with Crippen LogP contribution in [0.4, 0.5) is 0 Å². The Hall–Kier alpha value is -2.41. The van der Waals surface area contributed by atoms with Gasteiger partial charge in [-0.2, -0.15) is 0 Å². The molecule has 2 N–H and O–H groups in total. The molecule has 2 aliphatic rings. The number of ether oxygens (including phenoxy) is 1. The molecule has 1 amide bonds. The standard InChI is InChI=1S/C21H27N3O4/c1-3-28-17-12-16(21(17)9-5-4-6-10-21)24(2)20(27)13-7-8-14-15(11-13)23-19(26)18(25)22-14/h7-8,11,16-17H,3-6,9-10,12H2,1-2H3,(H,22,25)(H,23,26)/t16-,17-/m1/s1. The van der Waals surface area contributed by atoms with E-state index in [1.54, 1.807) is 18.2 Å². The van der Waals surface area contributed by atoms with Crippen LogP contribution in [0.15, 0.2) is 27.8 Å². The Morgan fingerprint density at radius 1 is 1.14 bits per heavy atom. The molecule has 1 heterocycles. The van der Waals surface area contributed by atoms with Gasteiger partial charge in [-0.3, -0.25) is 14.4 Å². The Balaban J connectivity index is 1.61. The fourth-order valence-corrected chi connectivity index (χ4v) is 5.16. The lowest BCUT2D eigenvalue weighted by atomic mass is 9.54. The molecule has 2 atom stereocenters. The molecule has 2 fully saturated rings. The average molecular weight is 385 g/mol. The van der Waals surface area contributed by atoms with E-state index in [-0.39, 0.29) is 23.5 Å². The maximum atomic E-state index is 13.2. The number of hydrogen-bond donors (Lipinski definition) is 2. The Labute approximate surface area is 163 Å². The SMILES string of the molecule is CCO[C@@H]1C[C@@H](N(C)C(=O)c2ccc3[nH]c(=O)c(=O)[nH]c3c2)C12CCCCC2. The van der Waals surface area contributed by atoms with E-state index in [0.29, 0.717) is 23.2 Å². The number of nitrogens with one attached hydrogen (secondary N) is 2. The molecule has 0 unspecified atom stereocenters. The molecule has 2 aromatic rings. The molecular formula is C21H27N3O4. The van der Waals surface area contributed by atoms with E-state index in [4.69, 9.17) is 4.74 Å². The van der Waals surface area contributed by atoms with Gasteiger partial charge in [0, 0.05) is 30.7 Å². The molecule has 1 aromatic carbocycles. The lowest BCUT2D eigenvalue weighted by Gasteiger charge is -2.60. The topological polar surface area (TPSA) is 95.3 Å². The van der Waals surface area contributed by atoms with E-state index in [0.717, 1.165) is 19.3 Å². The van der Waals surface area contributed by atoms with E-state index >= 15 is 0 Å². The molecule has 0 saturated heterocycles. The predicted molar refractivity (Wildman–Crippen MR) is 107 cm³/mol. The number of nitrogens with zero attached hydrogens (tertiary/aromatic N) is 1. The lowest BCUT2D eigenvalue weighted by Crippen LogP contribution is -2.65. The van der Waals surface area contributed by atoms with Gasteiger partial charge in [0.15, 0.2) is 0 Å². The number of benzene rings is 1. The van der Waals surface area contributed by atoms with Crippen LogP contribution in [0.3, 0.4) is 0 Å². The van der Waals surface area contributed by atoms with Crippen molar-refractivity contribution in [1.29, 1.82) is 0 Å². The molecule has 7 heteroatoms. The normalized spacial score (nSPS) is 23.5. The first-order chi connectivity index (χ1) is 13.5. The Morgan fingerprint density at radius 3 is 2.50 bits per heavy atom. The minimum Gasteiger partial charge on any atom is -0.378 e. The summed E-state index contributed by atoms with van der Waals surface area (Å²) in [7, 11) is 1.87. The number of carbonyl (C=O) groups is 1. The molecule has 2 saturated carbocycles. The monoisotopic (exact) mass is 385 g/mol. The molecule has 150 valence electrons. The Morgan fingerprint density at radius 2 is 1.82 bits per heavy atom. The number of hydrogen-bond acceptors (Lipinski definition) is 4. The van der Waals surface area contributed by atoms with Gasteiger partial charge in [0.1, 0.15) is 0 Å². The smallest absolute Gasteiger partial charge is 0.314 e. The van der Waals surface area contributed by atoms with Gasteiger partial charge < -0.3 is 19.6 Å².